The predicted octanol–water partition coefficient (Wildman–Crippen LogP) is 3.11. The van der Waals surface area contributed by atoms with Crippen molar-refractivity contribution in [2.45, 2.75) is 12.3 Å². The van der Waals surface area contributed by atoms with Crippen molar-refractivity contribution in [3.05, 3.63) is 60.3 Å². The molecule has 1 saturated heterocycles. The maximum atomic E-state index is 13.1. The third kappa shape index (κ3) is 3.36. The lowest BCUT2D eigenvalue weighted by atomic mass is 10.1. The Morgan fingerprint density at radius 3 is 2.83 bits per heavy atom. The highest BCUT2D eigenvalue weighted by Gasteiger charge is 2.31. The van der Waals surface area contributed by atoms with Crippen molar-refractivity contribution in [3.63, 3.8) is 0 Å². The van der Waals surface area contributed by atoms with E-state index in [0.717, 1.165) is 17.8 Å². The third-order valence-electron chi connectivity index (χ3n) is 4.98. The summed E-state index contributed by atoms with van der Waals surface area (Å²) in [5, 5.41) is 6.73. The molecule has 0 bridgehead atoms. The number of morpholine rings is 1. The number of halogens is 3. The fourth-order valence-corrected chi connectivity index (χ4v) is 3.46. The smallest absolute Gasteiger partial charge is 0.370 e. The molecule has 1 fully saturated rings. The zero-order valence-electron chi connectivity index (χ0n) is 15.5. The fourth-order valence-electron chi connectivity index (χ4n) is 3.46. The number of alkyl halides is 3. The van der Waals surface area contributed by atoms with Gasteiger partial charge in [0.15, 0.2) is 5.82 Å². The molecule has 4 aromatic rings. The Kier molecular flexibility index (Phi) is 4.39. The molecule has 0 aliphatic carbocycles. The van der Waals surface area contributed by atoms with Gasteiger partial charge >= 0.3 is 6.18 Å². The van der Waals surface area contributed by atoms with Crippen LogP contribution in [0.4, 0.5) is 19.0 Å². The van der Waals surface area contributed by atoms with Crippen LogP contribution in [-0.4, -0.2) is 49.2 Å². The second-order valence-electron chi connectivity index (χ2n) is 6.86. The molecule has 0 amide bonds. The molecule has 1 N–H and O–H groups in total. The average Bonchev–Trinajstić information content (AvgIpc) is 3.43. The molecule has 1 aliphatic rings. The second-order valence-corrected chi connectivity index (χ2v) is 6.86. The summed E-state index contributed by atoms with van der Waals surface area (Å²) >= 11 is 0. The molecule has 5 rings (SSSR count). The maximum Gasteiger partial charge on any atom is 0.417 e. The first kappa shape index (κ1) is 18.6. The second kappa shape index (κ2) is 7.10. The zero-order valence-corrected chi connectivity index (χ0v) is 15.5. The molecule has 1 unspecified atom stereocenters. The van der Waals surface area contributed by atoms with Gasteiger partial charge in [-0.25, -0.2) is 15.0 Å². The van der Waals surface area contributed by atoms with E-state index >= 15 is 0 Å². The molecule has 0 spiro atoms. The monoisotopic (exact) mass is 415 g/mol. The van der Waals surface area contributed by atoms with Crippen molar-refractivity contribution >= 4 is 11.5 Å². The maximum absolute atomic E-state index is 13.1. The first-order valence-corrected chi connectivity index (χ1v) is 9.22. The number of anilines is 1. The Balaban J connectivity index is 1.48. The van der Waals surface area contributed by atoms with Crippen molar-refractivity contribution in [1.29, 1.82) is 0 Å². The van der Waals surface area contributed by atoms with Gasteiger partial charge in [-0.2, -0.15) is 18.3 Å². The number of fused-ring (bicyclic) bond motifs is 1. The largest absolute Gasteiger partial charge is 0.417 e. The van der Waals surface area contributed by atoms with Gasteiger partial charge in [-0.1, -0.05) is 0 Å². The van der Waals surface area contributed by atoms with E-state index in [2.05, 4.69) is 30.0 Å². The summed E-state index contributed by atoms with van der Waals surface area (Å²) in [5.74, 6) is 0.962. The quantitative estimate of drug-likeness (QED) is 0.554. The number of hydrogen-bond donors (Lipinski definition) is 1. The molecule has 30 heavy (non-hydrogen) atoms. The fraction of sp³-hybridized carbons (Fsp3) is 0.263. The molecular weight excluding hydrogens is 399 g/mol. The van der Waals surface area contributed by atoms with Crippen molar-refractivity contribution in [2.24, 2.45) is 0 Å². The number of aromatic amines is 1. The number of aromatic nitrogens is 6. The van der Waals surface area contributed by atoms with Gasteiger partial charge in [-0.15, -0.1) is 0 Å². The van der Waals surface area contributed by atoms with E-state index in [1.165, 1.54) is 16.7 Å². The molecule has 5 heterocycles. The van der Waals surface area contributed by atoms with E-state index in [0.29, 0.717) is 42.7 Å². The zero-order chi connectivity index (χ0) is 20.7. The van der Waals surface area contributed by atoms with Gasteiger partial charge in [0.05, 0.1) is 24.6 Å². The van der Waals surface area contributed by atoms with Crippen LogP contribution < -0.4 is 4.90 Å². The minimum Gasteiger partial charge on any atom is -0.370 e. The van der Waals surface area contributed by atoms with Gasteiger partial charge in [0, 0.05) is 37.2 Å². The van der Waals surface area contributed by atoms with Gasteiger partial charge in [0.25, 0.3) is 0 Å². The van der Waals surface area contributed by atoms with Crippen LogP contribution in [0.1, 0.15) is 17.2 Å². The van der Waals surface area contributed by atoms with Crippen LogP contribution in [0.25, 0.3) is 17.2 Å². The molecule has 0 aromatic carbocycles. The standard InChI is InChI=1S/C19H16F3N7O/c20-19(21,22)13-1-2-16-24-9-14(29(16)10-13)18-23-4-3-17(27-18)28-5-6-30-15(11-28)12-7-25-26-8-12/h1-4,7-10,15H,5-6,11H2,(H,25,26). The lowest BCUT2D eigenvalue weighted by Crippen LogP contribution is -2.38. The summed E-state index contributed by atoms with van der Waals surface area (Å²) in [4.78, 5) is 15.1. The van der Waals surface area contributed by atoms with Crippen LogP contribution >= 0.6 is 0 Å². The number of rotatable bonds is 3. The van der Waals surface area contributed by atoms with Gasteiger partial charge < -0.3 is 9.64 Å². The number of imidazole rings is 1. The molecule has 4 aromatic heterocycles. The Morgan fingerprint density at radius 2 is 2.03 bits per heavy atom. The number of ether oxygens (including phenoxy) is 1. The minimum absolute atomic E-state index is 0.152. The van der Waals surface area contributed by atoms with Crippen molar-refractivity contribution in [1.82, 2.24) is 29.5 Å². The Bertz CT molecular complexity index is 1170. The topological polar surface area (TPSA) is 84.2 Å². The summed E-state index contributed by atoms with van der Waals surface area (Å²) in [5.41, 5.74) is 0.952. The molecule has 0 saturated carbocycles. The number of H-pyrrole nitrogens is 1. The Hall–Kier alpha value is -3.47. The number of nitrogens with one attached hydrogen (secondary N) is 1. The predicted molar refractivity (Wildman–Crippen MR) is 101 cm³/mol. The molecule has 154 valence electrons. The van der Waals surface area contributed by atoms with Gasteiger partial charge in [0.1, 0.15) is 23.3 Å². The highest BCUT2D eigenvalue weighted by Crippen LogP contribution is 2.31. The summed E-state index contributed by atoms with van der Waals surface area (Å²) < 4.78 is 46.5. The van der Waals surface area contributed by atoms with Crippen molar-refractivity contribution in [3.8, 4) is 11.5 Å². The van der Waals surface area contributed by atoms with E-state index < -0.39 is 11.7 Å². The molecule has 1 atom stereocenters. The van der Waals surface area contributed by atoms with E-state index in [-0.39, 0.29) is 6.10 Å². The van der Waals surface area contributed by atoms with Crippen LogP contribution in [0.15, 0.2) is 49.2 Å². The number of hydrogen-bond acceptors (Lipinski definition) is 6. The Labute approximate surface area is 168 Å². The van der Waals surface area contributed by atoms with E-state index in [9.17, 15) is 13.2 Å². The Morgan fingerprint density at radius 1 is 1.13 bits per heavy atom. The first-order chi connectivity index (χ1) is 14.5. The van der Waals surface area contributed by atoms with Crippen LogP contribution in [0.2, 0.25) is 0 Å². The van der Waals surface area contributed by atoms with Crippen LogP contribution in [0.3, 0.4) is 0 Å². The summed E-state index contributed by atoms with van der Waals surface area (Å²) in [7, 11) is 0. The number of pyridine rings is 1. The van der Waals surface area contributed by atoms with E-state index in [1.54, 1.807) is 24.7 Å². The number of nitrogens with zero attached hydrogens (tertiary/aromatic N) is 6. The van der Waals surface area contributed by atoms with Gasteiger partial charge in [-0.05, 0) is 18.2 Å². The van der Waals surface area contributed by atoms with Crippen LogP contribution in [-0.2, 0) is 10.9 Å². The third-order valence-corrected chi connectivity index (χ3v) is 4.98. The van der Waals surface area contributed by atoms with Crippen molar-refractivity contribution < 1.29 is 17.9 Å². The molecule has 11 heteroatoms. The molecule has 0 radical (unpaired) electrons. The van der Waals surface area contributed by atoms with Crippen LogP contribution in [0, 0.1) is 0 Å². The summed E-state index contributed by atoms with van der Waals surface area (Å²) in [6.45, 7) is 1.72. The van der Waals surface area contributed by atoms with Crippen molar-refractivity contribution in [2.75, 3.05) is 24.6 Å². The highest BCUT2D eigenvalue weighted by molar-refractivity contribution is 5.59. The van der Waals surface area contributed by atoms with Gasteiger partial charge in [0.2, 0.25) is 0 Å². The average molecular weight is 415 g/mol. The van der Waals surface area contributed by atoms with Gasteiger partial charge in [-0.3, -0.25) is 9.50 Å². The van der Waals surface area contributed by atoms with Crippen LogP contribution in [0.5, 0.6) is 0 Å². The minimum atomic E-state index is -4.45. The van der Waals surface area contributed by atoms with E-state index in [4.69, 9.17) is 4.74 Å². The molecule has 1 aliphatic heterocycles. The molecular formula is C19H16F3N7O. The normalized spacial score (nSPS) is 17.6. The highest BCUT2D eigenvalue weighted by atomic mass is 19.4. The lowest BCUT2D eigenvalue weighted by molar-refractivity contribution is -0.137. The SMILES string of the molecule is FC(F)(F)c1ccc2ncc(-c3nccc(N4CCOC(c5cn[nH]c5)C4)n3)n2c1. The first-order valence-electron chi connectivity index (χ1n) is 9.22. The molecule has 8 nitrogen and oxygen atoms in total. The van der Waals surface area contributed by atoms with E-state index in [1.807, 2.05) is 0 Å². The lowest BCUT2D eigenvalue weighted by Gasteiger charge is -2.33. The summed E-state index contributed by atoms with van der Waals surface area (Å²) in [6, 6.07) is 4.10. The summed E-state index contributed by atoms with van der Waals surface area (Å²) in [6.07, 6.45) is 2.98.